The molecule has 1 saturated heterocycles. The molecule has 20 heteroatoms. The van der Waals surface area contributed by atoms with Crippen LogP contribution < -0.4 is 14.3 Å². The highest BCUT2D eigenvalue weighted by Crippen LogP contribution is 2.51. The first-order valence-electron chi connectivity index (χ1n) is 14.2. The van der Waals surface area contributed by atoms with Crippen LogP contribution in [0.2, 0.25) is 10.0 Å². The Morgan fingerprint density at radius 1 is 1.15 bits per heavy atom. The Morgan fingerprint density at radius 2 is 1.88 bits per heavy atom. The number of aromatic nitrogens is 4. The van der Waals surface area contributed by atoms with Gasteiger partial charge in [-0.3, -0.25) is 13.8 Å². The van der Waals surface area contributed by atoms with Gasteiger partial charge in [-0.2, -0.15) is 5.09 Å². The summed E-state index contributed by atoms with van der Waals surface area (Å²) in [5.74, 6) is -0.821. The maximum absolute atomic E-state index is 14.5. The summed E-state index contributed by atoms with van der Waals surface area (Å²) in [5.41, 5.74) is -2.76. The molecule has 4 aromatic rings. The number of cyclic esters (lactones) is 1. The average Bonchev–Trinajstić information content (AvgIpc) is 3.53. The molecular formula is C28H29Cl2N6O10PS. The van der Waals surface area contributed by atoms with Crippen LogP contribution in [0.3, 0.4) is 0 Å². The van der Waals surface area contributed by atoms with Crippen LogP contribution in [0.5, 0.6) is 5.75 Å². The molecule has 0 spiro atoms. The number of anilines is 1. The lowest BCUT2D eigenvalue weighted by Crippen LogP contribution is -2.50. The Kier molecular flexibility index (Phi) is 8.98. The van der Waals surface area contributed by atoms with Gasteiger partial charge in [0.05, 0.1) is 19.2 Å². The number of carbonyl (C=O) groups excluding carboxylic acids is 1. The van der Waals surface area contributed by atoms with Crippen molar-refractivity contribution in [1.29, 1.82) is 0 Å². The lowest BCUT2D eigenvalue weighted by Gasteiger charge is -2.37. The van der Waals surface area contributed by atoms with Gasteiger partial charge in [0.25, 0.3) is 0 Å². The second kappa shape index (κ2) is 12.5. The smallest absolute Gasteiger partial charge is 0.459 e. The first kappa shape index (κ1) is 34.5. The maximum atomic E-state index is 14.5. The highest BCUT2D eigenvalue weighted by atomic mass is 35.5. The molecule has 2 aliphatic heterocycles. The van der Waals surface area contributed by atoms with Gasteiger partial charge in [0.2, 0.25) is 10.0 Å². The van der Waals surface area contributed by atoms with Crippen molar-refractivity contribution in [2.45, 2.75) is 50.0 Å². The first-order valence-corrected chi connectivity index (χ1v) is 18.4. The van der Waals surface area contributed by atoms with Crippen LogP contribution in [-0.4, -0.2) is 74.8 Å². The fraction of sp³-hybridized carbons (Fsp3) is 0.357. The third-order valence-electron chi connectivity index (χ3n) is 7.87. The maximum Gasteiger partial charge on any atom is 0.460 e. The Balaban J connectivity index is 1.30. The molecule has 16 nitrogen and oxygen atoms in total. The fourth-order valence-corrected chi connectivity index (χ4v) is 8.00. The van der Waals surface area contributed by atoms with Crippen molar-refractivity contribution in [1.82, 2.24) is 24.6 Å². The number of nitrogens with zero attached hydrogens (tertiary/aromatic N) is 4. The second-order valence-electron chi connectivity index (χ2n) is 11.5. The quantitative estimate of drug-likeness (QED) is 0.136. The number of aliphatic hydroxyl groups excluding tert-OH is 1. The highest BCUT2D eigenvalue weighted by Gasteiger charge is 2.55. The summed E-state index contributed by atoms with van der Waals surface area (Å²) < 4.78 is 64.7. The predicted octanol–water partition coefficient (Wildman–Crippen LogP) is 3.28. The van der Waals surface area contributed by atoms with Crippen LogP contribution in [0.25, 0.3) is 11.2 Å². The first-order chi connectivity index (χ1) is 22.5. The molecule has 2 aliphatic rings. The van der Waals surface area contributed by atoms with Crippen LogP contribution >= 0.6 is 30.9 Å². The van der Waals surface area contributed by atoms with Gasteiger partial charge in [-0.25, -0.2) is 32.7 Å². The van der Waals surface area contributed by atoms with E-state index in [9.17, 15) is 28.0 Å². The van der Waals surface area contributed by atoms with Crippen LogP contribution in [-0.2, 0) is 45.5 Å². The van der Waals surface area contributed by atoms with Crippen molar-refractivity contribution >= 4 is 63.9 Å². The number of imidazole rings is 1. The van der Waals surface area contributed by atoms with Gasteiger partial charge < -0.3 is 24.2 Å². The zero-order valence-electron chi connectivity index (χ0n) is 25.4. The van der Waals surface area contributed by atoms with Gasteiger partial charge >= 0.3 is 13.7 Å². The summed E-state index contributed by atoms with van der Waals surface area (Å²) >= 11 is 12.4. The van der Waals surface area contributed by atoms with E-state index in [0.29, 0.717) is 21.2 Å². The van der Waals surface area contributed by atoms with E-state index in [2.05, 4.69) is 24.8 Å². The fourth-order valence-electron chi connectivity index (χ4n) is 5.48. The number of rotatable bonds is 10. The number of nitrogens with one attached hydrogen (secondary N) is 2. The molecule has 0 aliphatic carbocycles. The van der Waals surface area contributed by atoms with E-state index in [0.717, 1.165) is 12.6 Å². The van der Waals surface area contributed by atoms with Crippen molar-refractivity contribution in [3.05, 3.63) is 76.3 Å². The number of ether oxygens (including phenoxy) is 2. The molecule has 4 N–H and O–H groups in total. The molecule has 48 heavy (non-hydrogen) atoms. The Bertz CT molecular complexity index is 2050. The number of halogens is 2. The molecule has 4 unspecified atom stereocenters. The minimum atomic E-state index is -4.58. The number of fused-ring (bicyclic) bond motifs is 2. The molecule has 4 heterocycles. The second-order valence-corrected chi connectivity index (χ2v) is 15.8. The number of aliphatic hydroxyl groups is 2. The topological polar surface area (TPSA) is 213 Å². The van der Waals surface area contributed by atoms with Gasteiger partial charge in [0, 0.05) is 15.6 Å². The number of benzene rings is 2. The van der Waals surface area contributed by atoms with E-state index >= 15 is 0 Å². The molecule has 0 amide bonds. The Hall–Kier alpha value is -3.38. The molecule has 256 valence electrons. The molecule has 6 rings (SSSR count). The van der Waals surface area contributed by atoms with Crippen LogP contribution in [0, 0.1) is 0 Å². The third kappa shape index (κ3) is 6.49. The largest absolute Gasteiger partial charge is 0.460 e. The van der Waals surface area contributed by atoms with Gasteiger partial charge in [0.1, 0.15) is 42.0 Å². The van der Waals surface area contributed by atoms with Crippen LogP contribution in [0.1, 0.15) is 31.2 Å². The normalized spacial score (nSPS) is 26.9. The van der Waals surface area contributed by atoms with Crippen molar-refractivity contribution in [2.24, 2.45) is 0 Å². The summed E-state index contributed by atoms with van der Waals surface area (Å²) in [7, 11) is -8.29. The predicted molar refractivity (Wildman–Crippen MR) is 172 cm³/mol. The highest BCUT2D eigenvalue weighted by molar-refractivity contribution is 7.92. The molecule has 0 bridgehead atoms. The van der Waals surface area contributed by atoms with Gasteiger partial charge in [-0.05, 0) is 49.7 Å². The number of carbonyl (C=O) groups is 1. The zero-order valence-corrected chi connectivity index (χ0v) is 28.6. The van der Waals surface area contributed by atoms with E-state index in [1.165, 1.54) is 49.0 Å². The summed E-state index contributed by atoms with van der Waals surface area (Å²) in [6, 6.07) is 10.7. The average molecular weight is 744 g/mol. The lowest BCUT2D eigenvalue weighted by molar-refractivity contribution is -0.154. The van der Waals surface area contributed by atoms with E-state index < -0.39 is 59.9 Å². The number of esters is 1. The van der Waals surface area contributed by atoms with Crippen molar-refractivity contribution in [2.75, 3.05) is 17.6 Å². The molecule has 0 radical (unpaired) electrons. The summed E-state index contributed by atoms with van der Waals surface area (Å²) in [6.45, 7) is 2.01. The summed E-state index contributed by atoms with van der Waals surface area (Å²) in [4.78, 5) is 25.5. The molecule has 6 atom stereocenters. The van der Waals surface area contributed by atoms with E-state index in [4.69, 9.17) is 41.7 Å². The molecule has 1 fully saturated rings. The minimum Gasteiger partial charge on any atom is -0.459 e. The lowest BCUT2D eigenvalue weighted by atomic mass is 9.87. The van der Waals surface area contributed by atoms with E-state index in [1.807, 2.05) is 0 Å². The number of hydrogen-bond donors (Lipinski definition) is 4. The molecule has 0 saturated carbocycles. The van der Waals surface area contributed by atoms with Crippen molar-refractivity contribution < 1.29 is 46.5 Å². The monoisotopic (exact) mass is 742 g/mol. The standard InChI is InChI=1S/C28H29Cl2N6O10PS/c1-27(18-5-4-6-19(30)17(18)11-43-26(27)38)35-47(40,46-16-9-7-15(29)8-10-16)44-12-20-22(37)28(2,39)25(45-20)36-14-33-21-23(34-48(3,41)42)31-13-32-24(21)36/h4-10,13-14,20,22,25,37,39H,11-12H2,1-3H3,(H,35,40)(H,31,32,34)/t20?,22-,25?,27?,28-,47?/m1/s1. The minimum absolute atomic E-state index is 0.0505. The number of sulfonamides is 1. The van der Waals surface area contributed by atoms with Crippen molar-refractivity contribution in [3.8, 4) is 5.75 Å². The Morgan fingerprint density at radius 3 is 2.58 bits per heavy atom. The van der Waals surface area contributed by atoms with E-state index in [-0.39, 0.29) is 29.3 Å². The Labute approximate surface area is 283 Å². The zero-order chi connectivity index (χ0) is 34.6. The van der Waals surface area contributed by atoms with Crippen LogP contribution in [0.15, 0.2) is 55.1 Å². The summed E-state index contributed by atoms with van der Waals surface area (Å²) in [5, 5.41) is 26.0. The van der Waals surface area contributed by atoms with Gasteiger partial charge in [-0.15, -0.1) is 0 Å². The summed E-state index contributed by atoms with van der Waals surface area (Å²) in [6.07, 6.45) is -1.03. The van der Waals surface area contributed by atoms with Gasteiger partial charge in [-0.1, -0.05) is 35.3 Å². The molecule has 2 aromatic carbocycles. The molecular weight excluding hydrogens is 714 g/mol. The number of hydrogen-bond acceptors (Lipinski definition) is 13. The van der Waals surface area contributed by atoms with E-state index in [1.54, 1.807) is 18.2 Å². The molecule has 2 aromatic heterocycles. The van der Waals surface area contributed by atoms with Crippen LogP contribution in [0.4, 0.5) is 5.82 Å². The van der Waals surface area contributed by atoms with Crippen molar-refractivity contribution in [3.63, 3.8) is 0 Å². The SMILES string of the molecule is CC1(NP(=O)(OCC2OC(n3cnc4c(NS(C)(=O)=O)ncnc43)[C@](C)(O)[C@@H]2O)Oc2ccc(Cl)cc2)C(=O)OCc2c(Cl)cccc21. The third-order valence-corrected chi connectivity index (χ3v) is 10.7. The van der Waals surface area contributed by atoms with Gasteiger partial charge in [0.15, 0.2) is 23.2 Å².